The molecule has 17 nitrogen and oxygen atoms in total. The number of hydrogen-bond acceptors (Lipinski definition) is 13. The Morgan fingerprint density at radius 2 is 1.53 bits per heavy atom. The number of pyridine rings is 1. The van der Waals surface area contributed by atoms with Crippen LogP contribution in [-0.4, -0.2) is 124 Å². The second-order valence-corrected chi connectivity index (χ2v) is 22.7. The summed E-state index contributed by atoms with van der Waals surface area (Å²) in [7, 11) is -3.31. The highest BCUT2D eigenvalue weighted by Crippen LogP contribution is 2.30. The fourth-order valence-electron chi connectivity index (χ4n) is 9.24. The highest BCUT2D eigenvalue weighted by Gasteiger charge is 2.44. The number of likely N-dealkylation sites (tertiary alicyclic amines) is 1. The number of aromatic nitrogens is 4. The summed E-state index contributed by atoms with van der Waals surface area (Å²) in [6.07, 6.45) is 4.00. The first kappa shape index (κ1) is 51.6. The third-order valence-electron chi connectivity index (χ3n) is 13.3. The number of hydrogen-bond donors (Lipinski definition) is 4. The summed E-state index contributed by atoms with van der Waals surface area (Å²) in [5.41, 5.74) is 8.19. The molecule has 3 atom stereocenters. The van der Waals surface area contributed by atoms with Crippen molar-refractivity contribution in [3.8, 4) is 21.7 Å². The molecule has 2 fully saturated rings. The number of nitrogens with zero attached hydrogens (tertiary/aromatic N) is 7. The van der Waals surface area contributed by atoms with Gasteiger partial charge in [-0.25, -0.2) is 17.9 Å². The molecule has 380 valence electrons. The van der Waals surface area contributed by atoms with E-state index in [9.17, 15) is 32.7 Å². The van der Waals surface area contributed by atoms with Crippen molar-refractivity contribution < 1.29 is 32.7 Å². The van der Waals surface area contributed by atoms with E-state index in [1.807, 2.05) is 105 Å². The van der Waals surface area contributed by atoms with E-state index < -0.39 is 39.3 Å². The van der Waals surface area contributed by atoms with Crippen LogP contribution in [-0.2, 0) is 35.6 Å². The van der Waals surface area contributed by atoms with Gasteiger partial charge in [0.15, 0.2) is 15.5 Å². The molecule has 72 heavy (non-hydrogen) atoms. The summed E-state index contributed by atoms with van der Waals surface area (Å²) in [6, 6.07) is 26.5. The molecule has 0 radical (unpaired) electrons. The maximum absolute atomic E-state index is 14.1. The Labute approximate surface area is 425 Å². The van der Waals surface area contributed by atoms with E-state index in [2.05, 4.69) is 35.9 Å². The molecule has 0 saturated carbocycles. The standard InChI is InChI=1S/C53H64N10O7S2/c1-35-48(71-34-55-35)38-17-15-36(16-18-38)32-54-50(67)44-31-41(64)33-62(44)51(68)49(53(2,3)4)58-46(65)13-8-6-7-9-14-47(66)61-29-27-60(28-30-61)40-23-21-39(22-24-40)56-52-57-45-12-10-11-43(63(45)59-52)37-19-25-42(26-20-37)72(5,69)70/h10-12,15-26,34,41,44,49,64H,6-9,13-14,27-33H2,1-5H3,(H,54,67)(H,56,59)(H,58,65)/t41-,44+,49-/m1/s1. The number of piperazine rings is 1. The lowest BCUT2D eigenvalue weighted by molar-refractivity contribution is -0.144. The molecule has 0 aliphatic carbocycles. The third kappa shape index (κ3) is 12.7. The molecule has 6 aromatic rings. The second kappa shape index (κ2) is 22.4. The van der Waals surface area contributed by atoms with E-state index in [1.54, 1.807) is 40.1 Å². The zero-order valence-electron chi connectivity index (χ0n) is 41.5. The number of thiazole rings is 1. The maximum Gasteiger partial charge on any atom is 0.247 e. The van der Waals surface area contributed by atoms with Gasteiger partial charge in [0.05, 0.1) is 32.8 Å². The van der Waals surface area contributed by atoms with Crippen molar-refractivity contribution in [2.75, 3.05) is 49.2 Å². The molecule has 4 amide bonds. The van der Waals surface area contributed by atoms with Crippen molar-refractivity contribution >= 4 is 67.8 Å². The summed E-state index contributed by atoms with van der Waals surface area (Å²) in [5.74, 6) is -0.443. The normalized spacial score (nSPS) is 16.7. The Morgan fingerprint density at radius 3 is 2.18 bits per heavy atom. The van der Waals surface area contributed by atoms with Crippen LogP contribution in [0.15, 0.2) is 101 Å². The maximum atomic E-state index is 14.1. The number of sulfone groups is 1. The molecule has 2 aliphatic rings. The van der Waals surface area contributed by atoms with Gasteiger partial charge in [-0.2, -0.15) is 4.98 Å². The molecule has 2 saturated heterocycles. The average molecular weight is 1020 g/mol. The SMILES string of the molecule is Cc1ncsc1-c1ccc(CNC(=O)[C@@H]2C[C@@H](O)CN2C(=O)[C@@H](NC(=O)CCCCCCC(=O)N2CCN(c3ccc(Nc4nc5cccc(-c6ccc(S(C)(=O)=O)cc6)n5n4)cc3)CC2)C(C)(C)C)cc1. The fraction of sp³-hybridized carbons (Fsp3) is 0.415. The predicted octanol–water partition coefficient (Wildman–Crippen LogP) is 6.77. The summed E-state index contributed by atoms with van der Waals surface area (Å²) in [6.45, 7) is 10.5. The van der Waals surface area contributed by atoms with E-state index in [-0.39, 0.29) is 48.5 Å². The Kier molecular flexibility index (Phi) is 16.1. The van der Waals surface area contributed by atoms with Gasteiger partial charge in [0, 0.05) is 81.7 Å². The van der Waals surface area contributed by atoms with E-state index >= 15 is 0 Å². The molecule has 0 spiro atoms. The monoisotopic (exact) mass is 1020 g/mol. The van der Waals surface area contributed by atoms with Crippen molar-refractivity contribution in [3.63, 3.8) is 0 Å². The summed E-state index contributed by atoms with van der Waals surface area (Å²) in [5, 5.41) is 24.5. The molecule has 3 aromatic heterocycles. The molecular formula is C53H64N10O7S2. The topological polar surface area (TPSA) is 212 Å². The predicted molar refractivity (Wildman–Crippen MR) is 279 cm³/mol. The van der Waals surface area contributed by atoms with Crippen LogP contribution >= 0.6 is 11.3 Å². The van der Waals surface area contributed by atoms with E-state index in [0.29, 0.717) is 50.6 Å². The van der Waals surface area contributed by atoms with Gasteiger partial charge < -0.3 is 35.8 Å². The number of fused-ring (bicyclic) bond motifs is 1. The lowest BCUT2D eigenvalue weighted by Crippen LogP contribution is -2.57. The van der Waals surface area contributed by atoms with Gasteiger partial charge in [-0.1, -0.05) is 76.1 Å². The Bertz CT molecular complexity index is 2980. The van der Waals surface area contributed by atoms with Crippen molar-refractivity contribution in [3.05, 3.63) is 108 Å². The highest BCUT2D eigenvalue weighted by molar-refractivity contribution is 7.90. The van der Waals surface area contributed by atoms with E-state index in [0.717, 1.165) is 63.6 Å². The first-order valence-electron chi connectivity index (χ1n) is 24.5. The minimum Gasteiger partial charge on any atom is -0.391 e. The number of carbonyl (C=O) groups is 4. The smallest absolute Gasteiger partial charge is 0.247 e. The van der Waals surface area contributed by atoms with Gasteiger partial charge in [0.2, 0.25) is 29.6 Å². The van der Waals surface area contributed by atoms with Crippen molar-refractivity contribution in [1.82, 2.24) is 40.0 Å². The van der Waals surface area contributed by atoms with Crippen LogP contribution < -0.4 is 20.9 Å². The number of aryl methyl sites for hydroxylation is 1. The fourth-order valence-corrected chi connectivity index (χ4v) is 10.7. The number of β-amino-alcohol motifs (C(OH)–C–C–N with tert-alkyl or cyclic N) is 1. The first-order chi connectivity index (χ1) is 34.4. The molecule has 3 aromatic carbocycles. The zero-order chi connectivity index (χ0) is 51.2. The molecule has 2 aliphatic heterocycles. The largest absolute Gasteiger partial charge is 0.391 e. The van der Waals surface area contributed by atoms with E-state index in [1.165, 1.54) is 11.2 Å². The van der Waals surface area contributed by atoms with Crippen LogP contribution in [0.25, 0.3) is 27.3 Å². The first-order valence-corrected chi connectivity index (χ1v) is 27.3. The van der Waals surface area contributed by atoms with Gasteiger partial charge >= 0.3 is 0 Å². The molecular weight excluding hydrogens is 953 g/mol. The van der Waals surface area contributed by atoms with Gasteiger partial charge in [0.1, 0.15) is 12.1 Å². The van der Waals surface area contributed by atoms with Crippen LogP contribution in [0.2, 0.25) is 0 Å². The summed E-state index contributed by atoms with van der Waals surface area (Å²) >= 11 is 1.58. The number of aliphatic hydroxyl groups is 1. The van der Waals surface area contributed by atoms with Gasteiger partial charge in [0.25, 0.3) is 0 Å². The van der Waals surface area contributed by atoms with Crippen LogP contribution in [0.3, 0.4) is 0 Å². The third-order valence-corrected chi connectivity index (χ3v) is 15.4. The van der Waals surface area contributed by atoms with Gasteiger partial charge in [-0.15, -0.1) is 16.4 Å². The molecule has 0 bridgehead atoms. The van der Waals surface area contributed by atoms with Crippen LogP contribution in [0, 0.1) is 12.3 Å². The Balaban J connectivity index is 0.732. The van der Waals surface area contributed by atoms with Crippen molar-refractivity contribution in [2.45, 2.75) is 102 Å². The van der Waals surface area contributed by atoms with Crippen LogP contribution in [0.4, 0.5) is 17.3 Å². The number of amides is 4. The molecule has 8 rings (SSSR count). The lowest BCUT2D eigenvalue weighted by atomic mass is 9.85. The van der Waals surface area contributed by atoms with Gasteiger partial charge in [-0.05, 0) is 84.8 Å². The number of nitrogens with one attached hydrogen (secondary N) is 3. The molecule has 19 heteroatoms. The zero-order valence-corrected chi connectivity index (χ0v) is 43.1. The number of unbranched alkanes of at least 4 members (excludes halogenated alkanes) is 3. The number of anilines is 3. The second-order valence-electron chi connectivity index (χ2n) is 19.8. The summed E-state index contributed by atoms with van der Waals surface area (Å²) < 4.78 is 25.6. The number of carbonyl (C=O) groups excluding carboxylic acids is 4. The number of aliphatic hydroxyl groups excluding tert-OH is 1. The molecule has 4 N–H and O–H groups in total. The Hall–Kier alpha value is -6.70. The van der Waals surface area contributed by atoms with E-state index in [4.69, 9.17) is 0 Å². The van der Waals surface area contributed by atoms with Crippen LogP contribution in [0.1, 0.15) is 77.0 Å². The Morgan fingerprint density at radius 1 is 0.847 bits per heavy atom. The highest BCUT2D eigenvalue weighted by atomic mass is 32.2. The quantitative estimate of drug-likeness (QED) is 0.0657. The van der Waals surface area contributed by atoms with Gasteiger partial charge in [-0.3, -0.25) is 19.2 Å². The van der Waals surface area contributed by atoms with Crippen molar-refractivity contribution in [2.24, 2.45) is 5.41 Å². The molecule has 0 unspecified atom stereocenters. The lowest BCUT2D eigenvalue weighted by Gasteiger charge is -2.36. The van der Waals surface area contributed by atoms with Crippen molar-refractivity contribution in [1.29, 1.82) is 0 Å². The average Bonchev–Trinajstić information content (AvgIpc) is 4.10. The number of rotatable bonds is 18. The minimum atomic E-state index is -3.31. The minimum absolute atomic E-state index is 0.00769. The molecule has 5 heterocycles. The summed E-state index contributed by atoms with van der Waals surface area (Å²) in [4.78, 5) is 69.9. The van der Waals surface area contributed by atoms with Crippen LogP contribution in [0.5, 0.6) is 0 Å². The number of benzene rings is 3.